The third-order valence-electron chi connectivity index (χ3n) is 7.31. The molecular weight excluding hydrogens is 378 g/mol. The summed E-state index contributed by atoms with van der Waals surface area (Å²) in [5, 5.41) is 8.90. The first-order chi connectivity index (χ1) is 14.5. The minimum Gasteiger partial charge on any atom is -0.481 e. The minimum atomic E-state index is -0.703. The first-order valence-corrected chi connectivity index (χ1v) is 11.6. The summed E-state index contributed by atoms with van der Waals surface area (Å²) in [6.45, 7) is 3.79. The van der Waals surface area contributed by atoms with Gasteiger partial charge in [-0.25, -0.2) is 4.79 Å². The van der Waals surface area contributed by atoms with Crippen molar-refractivity contribution in [2.45, 2.75) is 63.8 Å². The predicted octanol–water partition coefficient (Wildman–Crippen LogP) is 3.77. The third-order valence-corrected chi connectivity index (χ3v) is 7.31. The molecule has 2 fully saturated rings. The van der Waals surface area contributed by atoms with Crippen molar-refractivity contribution in [3.05, 3.63) is 29.3 Å². The molecule has 1 aromatic rings. The third kappa shape index (κ3) is 4.80. The molecular formula is C24H35N3O3. The van der Waals surface area contributed by atoms with E-state index >= 15 is 0 Å². The zero-order valence-corrected chi connectivity index (χ0v) is 18.2. The van der Waals surface area contributed by atoms with E-state index in [0.717, 1.165) is 83.2 Å². The molecule has 3 aliphatic rings. The fraction of sp³-hybridized carbons (Fsp3) is 0.667. The monoisotopic (exact) mass is 413 g/mol. The van der Waals surface area contributed by atoms with Gasteiger partial charge >= 0.3 is 12.0 Å². The number of aryl methyl sites for hydroxylation is 1. The number of benzene rings is 1. The number of carboxylic acids is 1. The summed E-state index contributed by atoms with van der Waals surface area (Å²) in [5.41, 5.74) is 3.88. The first kappa shape index (κ1) is 21.2. The van der Waals surface area contributed by atoms with Crippen LogP contribution < -0.4 is 4.90 Å². The normalized spacial score (nSPS) is 25.7. The number of carbonyl (C=O) groups is 2. The van der Waals surface area contributed by atoms with Gasteiger partial charge in [0.05, 0.1) is 0 Å². The number of carboxylic acid groups (broad SMARTS) is 1. The number of fused-ring (bicyclic) bond motifs is 1. The largest absolute Gasteiger partial charge is 0.481 e. The van der Waals surface area contributed by atoms with Gasteiger partial charge in [-0.1, -0.05) is 6.07 Å². The Hall–Kier alpha value is -2.08. The molecule has 1 aromatic carbocycles. The van der Waals surface area contributed by atoms with Crippen molar-refractivity contribution >= 4 is 17.7 Å². The van der Waals surface area contributed by atoms with Crippen LogP contribution >= 0.6 is 0 Å². The molecule has 2 amide bonds. The van der Waals surface area contributed by atoms with Crippen LogP contribution in [-0.4, -0.2) is 66.2 Å². The Labute approximate surface area is 179 Å². The average Bonchev–Trinajstić information content (AvgIpc) is 3.11. The second-order valence-electron chi connectivity index (χ2n) is 9.34. The molecule has 6 heteroatoms. The van der Waals surface area contributed by atoms with E-state index in [-0.39, 0.29) is 12.5 Å². The number of carbonyl (C=O) groups excluding carboxylic acids is 1. The summed E-state index contributed by atoms with van der Waals surface area (Å²) < 4.78 is 0. The van der Waals surface area contributed by atoms with E-state index in [1.54, 1.807) is 0 Å². The van der Waals surface area contributed by atoms with Crippen LogP contribution in [0.25, 0.3) is 0 Å². The molecule has 164 valence electrons. The molecule has 1 aliphatic carbocycles. The highest BCUT2D eigenvalue weighted by Gasteiger charge is 2.36. The summed E-state index contributed by atoms with van der Waals surface area (Å²) in [6, 6.07) is 7.07. The Morgan fingerprint density at radius 1 is 1.03 bits per heavy atom. The molecule has 0 atom stereocenters. The molecule has 0 radical (unpaired) electrons. The zero-order chi connectivity index (χ0) is 21.1. The second kappa shape index (κ2) is 9.38. The van der Waals surface area contributed by atoms with Crippen molar-refractivity contribution in [2.24, 2.45) is 5.92 Å². The number of hydrogen-bond acceptors (Lipinski definition) is 3. The summed E-state index contributed by atoms with van der Waals surface area (Å²) in [7, 11) is 2.19. The molecule has 4 rings (SSSR count). The van der Waals surface area contributed by atoms with E-state index in [4.69, 9.17) is 5.11 Å². The van der Waals surface area contributed by atoms with Crippen LogP contribution in [0.3, 0.4) is 0 Å². The quantitative estimate of drug-likeness (QED) is 0.798. The Morgan fingerprint density at radius 3 is 2.60 bits per heavy atom. The first-order valence-electron chi connectivity index (χ1n) is 11.6. The van der Waals surface area contributed by atoms with E-state index in [1.807, 2.05) is 4.90 Å². The topological polar surface area (TPSA) is 64.1 Å². The molecule has 1 N–H and O–H groups in total. The minimum absolute atomic E-state index is 0.148. The van der Waals surface area contributed by atoms with E-state index in [1.165, 1.54) is 11.1 Å². The van der Waals surface area contributed by atoms with E-state index in [0.29, 0.717) is 12.0 Å². The number of amides is 2. The van der Waals surface area contributed by atoms with Gasteiger partial charge in [0, 0.05) is 37.8 Å². The second-order valence-corrected chi connectivity index (χ2v) is 9.34. The molecule has 30 heavy (non-hydrogen) atoms. The highest BCUT2D eigenvalue weighted by Crippen LogP contribution is 2.33. The molecule has 1 saturated heterocycles. The maximum Gasteiger partial charge on any atom is 0.324 e. The molecule has 1 saturated carbocycles. The van der Waals surface area contributed by atoms with Crippen molar-refractivity contribution in [1.29, 1.82) is 0 Å². The molecule has 0 aromatic heterocycles. The summed E-state index contributed by atoms with van der Waals surface area (Å²) in [6.07, 6.45) is 8.44. The predicted molar refractivity (Wildman–Crippen MR) is 118 cm³/mol. The lowest BCUT2D eigenvalue weighted by Crippen LogP contribution is -2.41. The van der Waals surface area contributed by atoms with Crippen molar-refractivity contribution in [2.75, 3.05) is 38.1 Å². The SMILES string of the molecule is CN1CCCc2cc(N3CCN(C4CCC(CCC(=O)O)CC4)C3=O)ccc2CC1. The van der Waals surface area contributed by atoms with Crippen LogP contribution in [0, 0.1) is 5.92 Å². The van der Waals surface area contributed by atoms with Crippen LogP contribution in [0.2, 0.25) is 0 Å². The van der Waals surface area contributed by atoms with Gasteiger partial charge in [-0.15, -0.1) is 0 Å². The Balaban J connectivity index is 1.37. The molecule has 2 aliphatic heterocycles. The number of anilines is 1. The number of rotatable bonds is 5. The van der Waals surface area contributed by atoms with E-state index in [9.17, 15) is 9.59 Å². The highest BCUT2D eigenvalue weighted by atomic mass is 16.4. The maximum absolute atomic E-state index is 13.2. The summed E-state index contributed by atoms with van der Waals surface area (Å²) in [4.78, 5) is 30.4. The van der Waals surface area contributed by atoms with Gasteiger partial charge < -0.3 is 14.9 Å². The van der Waals surface area contributed by atoms with Crippen molar-refractivity contribution in [3.63, 3.8) is 0 Å². The van der Waals surface area contributed by atoms with Crippen LogP contribution in [0.15, 0.2) is 18.2 Å². The fourth-order valence-electron chi connectivity index (χ4n) is 5.42. The molecule has 2 heterocycles. The number of likely N-dealkylation sites (N-methyl/N-ethyl adjacent to an activating group) is 1. The van der Waals surface area contributed by atoms with E-state index in [2.05, 4.69) is 35.0 Å². The number of urea groups is 1. The summed E-state index contributed by atoms with van der Waals surface area (Å²) >= 11 is 0. The average molecular weight is 414 g/mol. The zero-order valence-electron chi connectivity index (χ0n) is 18.2. The lowest BCUT2D eigenvalue weighted by molar-refractivity contribution is -0.137. The van der Waals surface area contributed by atoms with Crippen molar-refractivity contribution in [1.82, 2.24) is 9.80 Å². The Morgan fingerprint density at radius 2 is 1.83 bits per heavy atom. The van der Waals surface area contributed by atoms with Crippen LogP contribution in [0.5, 0.6) is 0 Å². The van der Waals surface area contributed by atoms with Gasteiger partial charge in [0.2, 0.25) is 0 Å². The van der Waals surface area contributed by atoms with E-state index < -0.39 is 5.97 Å². The lowest BCUT2D eigenvalue weighted by atomic mass is 9.83. The van der Waals surface area contributed by atoms with Gasteiger partial charge in [0.1, 0.15) is 0 Å². The van der Waals surface area contributed by atoms with Crippen molar-refractivity contribution < 1.29 is 14.7 Å². The number of nitrogens with zero attached hydrogens (tertiary/aromatic N) is 3. The van der Waals surface area contributed by atoms with Gasteiger partial charge in [-0.05, 0) is 94.1 Å². The maximum atomic E-state index is 13.2. The molecule has 0 unspecified atom stereocenters. The summed E-state index contributed by atoms with van der Waals surface area (Å²) in [5.74, 6) is -0.204. The van der Waals surface area contributed by atoms with Gasteiger partial charge in [-0.2, -0.15) is 0 Å². The van der Waals surface area contributed by atoms with Crippen LogP contribution in [0.1, 0.15) is 56.1 Å². The van der Waals surface area contributed by atoms with Gasteiger partial charge in [-0.3, -0.25) is 9.69 Å². The number of aliphatic carboxylic acids is 1. The Bertz CT molecular complexity index is 773. The lowest BCUT2D eigenvalue weighted by Gasteiger charge is -2.34. The van der Waals surface area contributed by atoms with Crippen LogP contribution in [0.4, 0.5) is 10.5 Å². The molecule has 0 spiro atoms. The van der Waals surface area contributed by atoms with Gasteiger partial charge in [0.25, 0.3) is 0 Å². The Kier molecular flexibility index (Phi) is 6.61. The fourth-order valence-corrected chi connectivity index (χ4v) is 5.42. The smallest absolute Gasteiger partial charge is 0.324 e. The van der Waals surface area contributed by atoms with Gasteiger partial charge in [0.15, 0.2) is 0 Å². The molecule has 0 bridgehead atoms. The van der Waals surface area contributed by atoms with Crippen LogP contribution in [-0.2, 0) is 17.6 Å². The van der Waals surface area contributed by atoms with Crippen molar-refractivity contribution in [3.8, 4) is 0 Å². The number of hydrogen-bond donors (Lipinski definition) is 1. The molecule has 6 nitrogen and oxygen atoms in total. The standard InChI is InChI=1S/C24H35N3O3/c1-25-13-2-3-20-17-22(10-7-19(20)12-14-25)27-16-15-26(24(27)30)21-8-4-18(5-9-21)6-11-23(28)29/h7,10,17-18,21H,2-6,8-9,11-16H2,1H3,(H,28,29). The highest BCUT2D eigenvalue weighted by molar-refractivity contribution is 5.94.